The normalized spacial score (nSPS) is 11.9. The zero-order valence-electron chi connectivity index (χ0n) is 38.2. The van der Waals surface area contributed by atoms with Crippen LogP contribution in [0.3, 0.4) is 0 Å². The van der Waals surface area contributed by atoms with Gasteiger partial charge in [-0.05, 0) is 101 Å². The molecule has 4 nitrogen and oxygen atoms in total. The fourth-order valence-corrected chi connectivity index (χ4v) is 12.5. The van der Waals surface area contributed by atoms with Crippen LogP contribution >= 0.6 is 11.3 Å². The molecule has 0 aliphatic rings. The van der Waals surface area contributed by atoms with Gasteiger partial charge in [0.25, 0.3) is 0 Å². The summed E-state index contributed by atoms with van der Waals surface area (Å²) in [5, 5.41) is 9.40. The van der Waals surface area contributed by atoms with E-state index in [-0.39, 0.29) is 0 Å². The Morgan fingerprint density at radius 1 is 0.338 bits per heavy atom. The number of thiophene rings is 1. The van der Waals surface area contributed by atoms with Crippen LogP contribution in [-0.4, -0.2) is 4.57 Å². The average molecular weight is 925 g/mol. The van der Waals surface area contributed by atoms with Crippen LogP contribution in [0.1, 0.15) is 0 Å². The molecule has 332 valence electrons. The average Bonchev–Trinajstić information content (AvgIpc) is 4.21. The molecule has 0 atom stereocenters. The minimum atomic E-state index is 0.838. The summed E-state index contributed by atoms with van der Waals surface area (Å²) in [6.07, 6.45) is 0. The number of para-hydroxylation sites is 5. The molecule has 0 spiro atoms. The quantitative estimate of drug-likeness (QED) is 0.160. The Bertz CT molecular complexity index is 4540. The molecule has 0 amide bonds. The lowest BCUT2D eigenvalue weighted by Gasteiger charge is -2.27. The van der Waals surface area contributed by atoms with Crippen molar-refractivity contribution in [1.82, 2.24) is 4.57 Å². The van der Waals surface area contributed by atoms with E-state index in [9.17, 15) is 0 Å². The second-order valence-corrected chi connectivity index (χ2v) is 19.4. The van der Waals surface area contributed by atoms with E-state index < -0.39 is 0 Å². The maximum atomic E-state index is 7.09. The first-order chi connectivity index (χ1) is 35.2. The molecule has 0 fully saturated rings. The van der Waals surface area contributed by atoms with Crippen LogP contribution in [-0.2, 0) is 0 Å². The van der Waals surface area contributed by atoms with Crippen LogP contribution in [0.15, 0.2) is 251 Å². The molecule has 0 unspecified atom stereocenters. The second kappa shape index (κ2) is 15.7. The summed E-state index contributed by atoms with van der Waals surface area (Å²) < 4.78 is 18.4. The molecule has 5 heteroatoms. The molecule has 4 heterocycles. The maximum Gasteiger partial charge on any atom is 0.145 e. The fourth-order valence-electron chi connectivity index (χ4n) is 11.3. The standard InChI is InChI=1S/C66H40N2O2S/c1-7-24-55-47(15-1)48-16-2-8-25-56(48)68(55)57-26-9-3-17-49(57)51-39-40-58(64-54-20-5-11-28-60(54)70-65(51)64)67(43-35-31-41(32-36-43)45-21-14-29-61-63(45)53-19-4-10-27-59(53)69-61)44-37-33-42(34-38-44)46-22-13-23-52-50-18-6-12-30-62(50)71-66(46)52/h1-40H. The summed E-state index contributed by atoms with van der Waals surface area (Å²) >= 11 is 1.86. The SMILES string of the molecule is c1ccc(-n2c3ccccc3c3ccccc32)c(-c2ccc(N(c3ccc(-c4cccc5c4sc4ccccc45)cc3)c3ccc(-c4cccc5oc6ccccc6c45)cc3)c3c2oc2ccccc23)c1. The van der Waals surface area contributed by atoms with Crippen LogP contribution in [0.2, 0.25) is 0 Å². The van der Waals surface area contributed by atoms with Gasteiger partial charge < -0.3 is 18.3 Å². The van der Waals surface area contributed by atoms with E-state index in [1.807, 2.05) is 23.5 Å². The van der Waals surface area contributed by atoms with E-state index in [1.165, 1.54) is 42.1 Å². The van der Waals surface area contributed by atoms with Crippen LogP contribution in [0.25, 0.3) is 125 Å². The fraction of sp³-hybridized carbons (Fsp3) is 0. The Kier molecular flexibility index (Phi) is 8.79. The summed E-state index contributed by atoms with van der Waals surface area (Å²) in [6.45, 7) is 0. The maximum absolute atomic E-state index is 7.09. The third kappa shape index (κ3) is 6.10. The zero-order chi connectivity index (χ0) is 46.6. The van der Waals surface area contributed by atoms with Gasteiger partial charge in [-0.25, -0.2) is 0 Å². The minimum absolute atomic E-state index is 0.838. The van der Waals surface area contributed by atoms with Gasteiger partial charge >= 0.3 is 0 Å². The molecule has 0 saturated heterocycles. The van der Waals surface area contributed by atoms with Crippen molar-refractivity contribution in [3.05, 3.63) is 243 Å². The number of hydrogen-bond donors (Lipinski definition) is 0. The second-order valence-electron chi connectivity index (χ2n) is 18.3. The van der Waals surface area contributed by atoms with E-state index in [4.69, 9.17) is 8.83 Å². The van der Waals surface area contributed by atoms with Gasteiger partial charge in [0.2, 0.25) is 0 Å². The van der Waals surface area contributed by atoms with Crippen LogP contribution in [0.5, 0.6) is 0 Å². The van der Waals surface area contributed by atoms with Gasteiger partial charge in [0.05, 0.1) is 27.8 Å². The summed E-state index contributed by atoms with van der Waals surface area (Å²) in [6, 6.07) is 87.3. The lowest BCUT2D eigenvalue weighted by Crippen LogP contribution is -2.10. The molecule has 71 heavy (non-hydrogen) atoms. The van der Waals surface area contributed by atoms with Crippen molar-refractivity contribution in [3.8, 4) is 39.1 Å². The molecule has 15 rings (SSSR count). The van der Waals surface area contributed by atoms with E-state index in [1.54, 1.807) is 0 Å². The Morgan fingerprint density at radius 2 is 0.859 bits per heavy atom. The van der Waals surface area contributed by atoms with E-state index >= 15 is 0 Å². The Morgan fingerprint density at radius 3 is 1.59 bits per heavy atom. The molecule has 0 saturated carbocycles. The molecule has 0 aliphatic heterocycles. The number of benzene rings is 11. The molecule has 4 aromatic heterocycles. The molecule has 11 aromatic carbocycles. The lowest BCUT2D eigenvalue weighted by molar-refractivity contribution is 0.669. The van der Waals surface area contributed by atoms with Crippen molar-refractivity contribution >= 4 is 114 Å². The smallest absolute Gasteiger partial charge is 0.145 e. The lowest BCUT2D eigenvalue weighted by atomic mass is 9.97. The predicted molar refractivity (Wildman–Crippen MR) is 299 cm³/mol. The van der Waals surface area contributed by atoms with Crippen LogP contribution < -0.4 is 4.90 Å². The highest BCUT2D eigenvalue weighted by Gasteiger charge is 2.25. The van der Waals surface area contributed by atoms with Gasteiger partial charge in [-0.15, -0.1) is 11.3 Å². The summed E-state index contributed by atoms with van der Waals surface area (Å²) in [5.41, 5.74) is 16.8. The van der Waals surface area contributed by atoms with Gasteiger partial charge in [0.1, 0.15) is 22.3 Å². The number of furan rings is 2. The highest BCUT2D eigenvalue weighted by atomic mass is 32.1. The third-order valence-electron chi connectivity index (χ3n) is 14.4. The number of anilines is 3. The van der Waals surface area contributed by atoms with Gasteiger partial charge in [0.15, 0.2) is 0 Å². The van der Waals surface area contributed by atoms with Crippen LogP contribution in [0.4, 0.5) is 17.1 Å². The monoisotopic (exact) mass is 924 g/mol. The van der Waals surface area contributed by atoms with Crippen molar-refractivity contribution in [3.63, 3.8) is 0 Å². The van der Waals surface area contributed by atoms with Gasteiger partial charge in [-0.1, -0.05) is 164 Å². The minimum Gasteiger partial charge on any atom is -0.456 e. The molecule has 0 N–H and O–H groups in total. The van der Waals surface area contributed by atoms with Gasteiger partial charge in [-0.3, -0.25) is 0 Å². The van der Waals surface area contributed by atoms with E-state index in [2.05, 4.69) is 240 Å². The first-order valence-corrected chi connectivity index (χ1v) is 24.9. The third-order valence-corrected chi connectivity index (χ3v) is 15.7. The molecule has 15 aromatic rings. The van der Waals surface area contributed by atoms with Gasteiger partial charge in [-0.2, -0.15) is 0 Å². The van der Waals surface area contributed by atoms with E-state index in [0.29, 0.717) is 0 Å². The topological polar surface area (TPSA) is 34.5 Å². The van der Waals surface area contributed by atoms with Crippen molar-refractivity contribution in [2.75, 3.05) is 4.90 Å². The van der Waals surface area contributed by atoms with Crippen molar-refractivity contribution < 1.29 is 8.83 Å². The first-order valence-electron chi connectivity index (χ1n) is 24.1. The number of aromatic nitrogens is 1. The summed E-state index contributed by atoms with van der Waals surface area (Å²) in [7, 11) is 0. The molecule has 0 bridgehead atoms. The summed E-state index contributed by atoms with van der Waals surface area (Å²) in [4.78, 5) is 2.40. The molecule has 0 aliphatic carbocycles. The Hall–Kier alpha value is -9.16. The van der Waals surface area contributed by atoms with Crippen molar-refractivity contribution in [1.29, 1.82) is 0 Å². The summed E-state index contributed by atoms with van der Waals surface area (Å²) in [5.74, 6) is 0. The van der Waals surface area contributed by atoms with Crippen molar-refractivity contribution in [2.24, 2.45) is 0 Å². The zero-order valence-corrected chi connectivity index (χ0v) is 39.0. The molecule has 0 radical (unpaired) electrons. The Balaban J connectivity index is 0.938. The molecular weight excluding hydrogens is 885 g/mol. The first kappa shape index (κ1) is 39.8. The highest BCUT2D eigenvalue weighted by molar-refractivity contribution is 7.26. The largest absolute Gasteiger partial charge is 0.456 e. The highest BCUT2D eigenvalue weighted by Crippen LogP contribution is 2.49. The van der Waals surface area contributed by atoms with Crippen LogP contribution in [0, 0.1) is 0 Å². The van der Waals surface area contributed by atoms with Crippen molar-refractivity contribution in [2.45, 2.75) is 0 Å². The predicted octanol–water partition coefficient (Wildman–Crippen LogP) is 19.4. The number of fused-ring (bicyclic) bond motifs is 12. The van der Waals surface area contributed by atoms with E-state index in [0.717, 1.165) is 99.9 Å². The van der Waals surface area contributed by atoms with Gasteiger partial charge in [0, 0.05) is 69.6 Å². The Labute approximate surface area is 412 Å². The molecular formula is C66H40N2O2S. The number of hydrogen-bond acceptors (Lipinski definition) is 4. The number of rotatable bonds is 7. The number of nitrogens with zero attached hydrogens (tertiary/aromatic N) is 2.